The molecule has 1 aromatic carbocycles. The molecule has 21 heavy (non-hydrogen) atoms. The first kappa shape index (κ1) is 18.4. The van der Waals surface area contributed by atoms with E-state index in [0.717, 1.165) is 6.07 Å². The van der Waals surface area contributed by atoms with Crippen LogP contribution in [0.4, 0.5) is 0 Å². The second kappa shape index (κ2) is 7.55. The molecule has 6 nitrogen and oxygen atoms in total. The van der Waals surface area contributed by atoms with Crippen LogP contribution < -0.4 is 10.5 Å². The fourth-order valence-electron chi connectivity index (χ4n) is 1.60. The molecule has 1 atom stereocenters. The van der Waals surface area contributed by atoms with E-state index in [-0.39, 0.29) is 25.9 Å². The van der Waals surface area contributed by atoms with Crippen LogP contribution in [0.2, 0.25) is 5.02 Å². The Labute approximate surface area is 137 Å². The van der Waals surface area contributed by atoms with Gasteiger partial charge in [-0.05, 0) is 34.0 Å². The van der Waals surface area contributed by atoms with Gasteiger partial charge in [0.1, 0.15) is 0 Å². The summed E-state index contributed by atoms with van der Waals surface area (Å²) < 4.78 is 28.0. The smallest absolute Gasteiger partial charge is 0.252 e. The van der Waals surface area contributed by atoms with Gasteiger partial charge in [-0.1, -0.05) is 18.5 Å². The van der Waals surface area contributed by atoms with Crippen LogP contribution in [-0.2, 0) is 14.8 Å². The number of sulfonamides is 1. The lowest BCUT2D eigenvalue weighted by atomic mass is 10.1. The highest BCUT2D eigenvalue weighted by Crippen LogP contribution is 2.29. The molecule has 0 saturated heterocycles. The SMILES string of the molecule is COCC(C)CNC(=O)c1cc(S(N)(=O)=O)cc(Br)c1Cl. The van der Waals surface area contributed by atoms with Crippen molar-refractivity contribution < 1.29 is 17.9 Å². The number of primary sulfonamides is 1. The highest BCUT2D eigenvalue weighted by Gasteiger charge is 2.19. The predicted molar refractivity (Wildman–Crippen MR) is 83.9 cm³/mol. The molecule has 1 amide bonds. The lowest BCUT2D eigenvalue weighted by molar-refractivity contribution is 0.0934. The number of carbonyl (C=O) groups is 1. The van der Waals surface area contributed by atoms with Crippen molar-refractivity contribution in [2.75, 3.05) is 20.3 Å². The molecule has 0 aliphatic heterocycles. The normalized spacial score (nSPS) is 13.0. The van der Waals surface area contributed by atoms with Gasteiger partial charge in [0, 0.05) is 18.1 Å². The van der Waals surface area contributed by atoms with Crippen molar-refractivity contribution in [3.8, 4) is 0 Å². The highest BCUT2D eigenvalue weighted by atomic mass is 79.9. The minimum Gasteiger partial charge on any atom is -0.384 e. The number of benzene rings is 1. The van der Waals surface area contributed by atoms with Gasteiger partial charge in [0.05, 0.1) is 22.1 Å². The summed E-state index contributed by atoms with van der Waals surface area (Å²) in [6.07, 6.45) is 0. The Bertz CT molecular complexity index is 636. The van der Waals surface area contributed by atoms with E-state index in [1.807, 2.05) is 6.92 Å². The van der Waals surface area contributed by atoms with Crippen LogP contribution in [0.25, 0.3) is 0 Å². The van der Waals surface area contributed by atoms with E-state index in [2.05, 4.69) is 21.2 Å². The summed E-state index contributed by atoms with van der Waals surface area (Å²) in [6.45, 7) is 2.78. The summed E-state index contributed by atoms with van der Waals surface area (Å²) in [4.78, 5) is 11.9. The molecule has 0 aliphatic carbocycles. The number of methoxy groups -OCH3 is 1. The van der Waals surface area contributed by atoms with Crippen LogP contribution in [0.15, 0.2) is 21.5 Å². The van der Waals surface area contributed by atoms with Gasteiger partial charge in [-0.2, -0.15) is 0 Å². The number of nitrogens with two attached hydrogens (primary N) is 1. The molecule has 3 N–H and O–H groups in total. The maximum atomic E-state index is 12.1. The van der Waals surface area contributed by atoms with E-state index in [0.29, 0.717) is 13.2 Å². The Morgan fingerprint density at radius 3 is 2.67 bits per heavy atom. The van der Waals surface area contributed by atoms with Gasteiger partial charge >= 0.3 is 0 Å². The van der Waals surface area contributed by atoms with Crippen LogP contribution in [-0.4, -0.2) is 34.6 Å². The third-order valence-corrected chi connectivity index (χ3v) is 4.79. The van der Waals surface area contributed by atoms with Crippen LogP contribution in [0.3, 0.4) is 0 Å². The Kier molecular flexibility index (Phi) is 6.61. The first-order valence-corrected chi connectivity index (χ1v) is 8.67. The molecule has 9 heteroatoms. The number of hydrogen-bond acceptors (Lipinski definition) is 4. The number of rotatable bonds is 6. The van der Waals surface area contributed by atoms with E-state index in [9.17, 15) is 13.2 Å². The average Bonchev–Trinajstić information content (AvgIpc) is 2.38. The average molecular weight is 400 g/mol. The van der Waals surface area contributed by atoms with Crippen LogP contribution in [0.5, 0.6) is 0 Å². The summed E-state index contributed by atoms with van der Waals surface area (Å²) in [5.41, 5.74) is 0.0414. The van der Waals surface area contributed by atoms with Crippen molar-refractivity contribution in [2.45, 2.75) is 11.8 Å². The van der Waals surface area contributed by atoms with Gasteiger partial charge in [0.2, 0.25) is 10.0 Å². The molecule has 0 heterocycles. The molecule has 0 radical (unpaired) electrons. The van der Waals surface area contributed by atoms with E-state index < -0.39 is 15.9 Å². The van der Waals surface area contributed by atoms with Crippen molar-refractivity contribution in [2.24, 2.45) is 11.1 Å². The molecule has 1 unspecified atom stereocenters. The molecule has 0 saturated carbocycles. The number of ether oxygens (including phenoxy) is 1. The summed E-state index contributed by atoms with van der Waals surface area (Å²) in [5, 5.41) is 7.86. The number of hydrogen-bond donors (Lipinski definition) is 2. The predicted octanol–water partition coefficient (Wildman–Crippen LogP) is 1.76. The van der Waals surface area contributed by atoms with Crippen LogP contribution in [0.1, 0.15) is 17.3 Å². The van der Waals surface area contributed by atoms with Crippen molar-refractivity contribution in [3.05, 3.63) is 27.2 Å². The van der Waals surface area contributed by atoms with Gasteiger partial charge in [0.15, 0.2) is 0 Å². The summed E-state index contributed by atoms with van der Waals surface area (Å²) in [6, 6.07) is 2.40. The van der Waals surface area contributed by atoms with Crippen molar-refractivity contribution in [1.82, 2.24) is 5.32 Å². The van der Waals surface area contributed by atoms with E-state index in [4.69, 9.17) is 21.5 Å². The largest absolute Gasteiger partial charge is 0.384 e. The molecule has 0 fully saturated rings. The third kappa shape index (κ3) is 5.23. The van der Waals surface area contributed by atoms with Gasteiger partial charge in [-0.25, -0.2) is 13.6 Å². The molecule has 1 aromatic rings. The number of carbonyl (C=O) groups excluding carboxylic acids is 1. The maximum absolute atomic E-state index is 12.1. The topological polar surface area (TPSA) is 98.5 Å². The Morgan fingerprint density at radius 2 is 2.14 bits per heavy atom. The second-order valence-corrected chi connectivity index (χ2v) is 7.38. The minimum atomic E-state index is -3.93. The van der Waals surface area contributed by atoms with Gasteiger partial charge in [-0.3, -0.25) is 4.79 Å². The molecular formula is C12H16BrClN2O4S. The van der Waals surface area contributed by atoms with Crippen molar-refractivity contribution in [1.29, 1.82) is 0 Å². The summed E-state index contributed by atoms with van der Waals surface area (Å²) in [5.74, 6) is -0.364. The fourth-order valence-corrected chi connectivity index (χ4v) is 2.97. The van der Waals surface area contributed by atoms with E-state index >= 15 is 0 Å². The first-order valence-electron chi connectivity index (χ1n) is 5.95. The van der Waals surface area contributed by atoms with Gasteiger partial charge in [-0.15, -0.1) is 0 Å². The van der Waals surface area contributed by atoms with E-state index in [1.165, 1.54) is 6.07 Å². The number of halogens is 2. The first-order chi connectivity index (χ1) is 9.66. The number of nitrogens with one attached hydrogen (secondary N) is 1. The van der Waals surface area contributed by atoms with E-state index in [1.54, 1.807) is 7.11 Å². The Morgan fingerprint density at radius 1 is 1.52 bits per heavy atom. The Hall–Kier alpha value is -0.670. The number of amides is 1. The molecular weight excluding hydrogens is 384 g/mol. The van der Waals surface area contributed by atoms with Gasteiger partial charge in [0.25, 0.3) is 5.91 Å². The zero-order valence-corrected chi connectivity index (χ0v) is 14.7. The highest BCUT2D eigenvalue weighted by molar-refractivity contribution is 9.10. The molecule has 1 rings (SSSR count). The quantitative estimate of drug-likeness (QED) is 0.761. The lowest BCUT2D eigenvalue weighted by Crippen LogP contribution is -2.30. The van der Waals surface area contributed by atoms with Crippen LogP contribution in [0, 0.1) is 5.92 Å². The maximum Gasteiger partial charge on any atom is 0.252 e. The van der Waals surface area contributed by atoms with Crippen molar-refractivity contribution >= 4 is 43.5 Å². The molecule has 0 aliphatic rings. The Balaban J connectivity index is 3.01. The summed E-state index contributed by atoms with van der Waals surface area (Å²) in [7, 11) is -2.36. The summed E-state index contributed by atoms with van der Waals surface area (Å²) >= 11 is 9.13. The third-order valence-electron chi connectivity index (χ3n) is 2.64. The molecule has 118 valence electrons. The lowest BCUT2D eigenvalue weighted by Gasteiger charge is -2.13. The molecule has 0 aromatic heterocycles. The van der Waals surface area contributed by atoms with Crippen molar-refractivity contribution in [3.63, 3.8) is 0 Å². The van der Waals surface area contributed by atoms with Crippen LogP contribution >= 0.6 is 27.5 Å². The monoisotopic (exact) mass is 398 g/mol. The standard InChI is InChI=1S/C12H16BrClN2O4S/c1-7(6-20-2)5-16-12(17)9-3-8(21(15,18)19)4-10(13)11(9)14/h3-4,7H,5-6H2,1-2H3,(H,16,17)(H2,15,18,19). The molecule has 0 bridgehead atoms. The zero-order chi connectivity index (χ0) is 16.2. The fraction of sp³-hybridized carbons (Fsp3) is 0.417. The van der Waals surface area contributed by atoms with Gasteiger partial charge < -0.3 is 10.1 Å². The zero-order valence-electron chi connectivity index (χ0n) is 11.5. The second-order valence-electron chi connectivity index (χ2n) is 4.58. The molecule has 0 spiro atoms. The minimum absolute atomic E-state index is 0.0414.